The van der Waals surface area contributed by atoms with E-state index in [1.807, 2.05) is 30.3 Å². The van der Waals surface area contributed by atoms with E-state index in [1.54, 1.807) is 18.0 Å². The number of pyridine rings is 1. The second-order valence-electron chi connectivity index (χ2n) is 4.05. The second kappa shape index (κ2) is 6.03. The maximum Gasteiger partial charge on any atom is 0.0881 e. The molecule has 3 heteroatoms. The van der Waals surface area contributed by atoms with Crippen LogP contribution in [0.15, 0.2) is 36.5 Å². The molecule has 90 valence electrons. The number of rotatable bonds is 5. The first-order chi connectivity index (χ1) is 8.31. The molecular formula is C14H17NOS. The molecule has 0 saturated carbocycles. The van der Waals surface area contributed by atoms with E-state index in [-0.39, 0.29) is 0 Å². The highest BCUT2D eigenvalue weighted by atomic mass is 32.2. The lowest BCUT2D eigenvalue weighted by Gasteiger charge is -2.11. The van der Waals surface area contributed by atoms with Gasteiger partial charge in [-0.15, -0.1) is 0 Å². The lowest BCUT2D eigenvalue weighted by molar-refractivity contribution is 0.204. The summed E-state index contributed by atoms with van der Waals surface area (Å²) in [6, 6.07) is 9.94. The van der Waals surface area contributed by atoms with Gasteiger partial charge >= 0.3 is 0 Å². The van der Waals surface area contributed by atoms with Gasteiger partial charge in [0.1, 0.15) is 0 Å². The van der Waals surface area contributed by atoms with Crippen LogP contribution in [0.5, 0.6) is 0 Å². The van der Waals surface area contributed by atoms with E-state index in [0.29, 0.717) is 0 Å². The van der Waals surface area contributed by atoms with Crippen LogP contribution in [0.4, 0.5) is 0 Å². The van der Waals surface area contributed by atoms with Crippen molar-refractivity contribution in [1.82, 2.24) is 4.98 Å². The van der Waals surface area contributed by atoms with Gasteiger partial charge in [0.05, 0.1) is 11.6 Å². The second-order valence-corrected chi connectivity index (χ2v) is 5.20. The van der Waals surface area contributed by atoms with Gasteiger partial charge < -0.3 is 5.11 Å². The van der Waals surface area contributed by atoms with Crippen LogP contribution >= 0.6 is 11.8 Å². The minimum Gasteiger partial charge on any atom is -0.388 e. The number of thioether (sulfide) groups is 1. The van der Waals surface area contributed by atoms with E-state index < -0.39 is 6.10 Å². The van der Waals surface area contributed by atoms with Crippen molar-refractivity contribution in [2.45, 2.75) is 19.4 Å². The minimum atomic E-state index is -0.391. The minimum absolute atomic E-state index is 0.391. The van der Waals surface area contributed by atoms with Gasteiger partial charge in [-0.2, -0.15) is 11.8 Å². The SMILES string of the molecule is CCCSCC(O)c1ccc2cccnc2c1. The largest absolute Gasteiger partial charge is 0.388 e. The Labute approximate surface area is 106 Å². The van der Waals surface area contributed by atoms with Crippen molar-refractivity contribution < 1.29 is 5.11 Å². The third-order valence-electron chi connectivity index (χ3n) is 2.64. The monoisotopic (exact) mass is 247 g/mol. The highest BCUT2D eigenvalue weighted by Gasteiger charge is 2.08. The van der Waals surface area contributed by atoms with Crippen molar-refractivity contribution in [2.24, 2.45) is 0 Å². The molecule has 0 fully saturated rings. The zero-order chi connectivity index (χ0) is 12.1. The summed E-state index contributed by atoms with van der Waals surface area (Å²) in [5.74, 6) is 1.86. The molecule has 0 amide bonds. The summed E-state index contributed by atoms with van der Waals surface area (Å²) in [4.78, 5) is 4.30. The van der Waals surface area contributed by atoms with Crippen LogP contribution in [0.1, 0.15) is 25.0 Å². The molecule has 1 aromatic heterocycles. The van der Waals surface area contributed by atoms with E-state index in [4.69, 9.17) is 0 Å². The third kappa shape index (κ3) is 3.20. The summed E-state index contributed by atoms with van der Waals surface area (Å²) >= 11 is 1.79. The zero-order valence-electron chi connectivity index (χ0n) is 9.97. The number of hydrogen-bond acceptors (Lipinski definition) is 3. The predicted octanol–water partition coefficient (Wildman–Crippen LogP) is 3.41. The fourth-order valence-corrected chi connectivity index (χ4v) is 2.60. The molecule has 1 aromatic carbocycles. The number of aliphatic hydroxyl groups is 1. The van der Waals surface area contributed by atoms with Crippen LogP contribution in [0.25, 0.3) is 10.9 Å². The van der Waals surface area contributed by atoms with Crippen molar-refractivity contribution >= 4 is 22.7 Å². The Balaban J connectivity index is 2.12. The standard InChI is InChI=1S/C14H17NOS/c1-2-8-17-10-14(16)12-6-5-11-4-3-7-15-13(11)9-12/h3-7,9,14,16H,2,8,10H2,1H3. The zero-order valence-corrected chi connectivity index (χ0v) is 10.8. The quantitative estimate of drug-likeness (QED) is 0.822. The Morgan fingerprint density at radius 1 is 1.35 bits per heavy atom. The first-order valence-electron chi connectivity index (χ1n) is 5.91. The van der Waals surface area contributed by atoms with Crippen LogP contribution in [0.3, 0.4) is 0 Å². The van der Waals surface area contributed by atoms with Gasteiger partial charge in [0, 0.05) is 17.3 Å². The fourth-order valence-electron chi connectivity index (χ4n) is 1.73. The molecule has 0 bridgehead atoms. The number of hydrogen-bond donors (Lipinski definition) is 1. The van der Waals surface area contributed by atoms with Crippen molar-refractivity contribution in [3.05, 3.63) is 42.1 Å². The summed E-state index contributed by atoms with van der Waals surface area (Å²) in [7, 11) is 0. The van der Waals surface area contributed by atoms with Crippen molar-refractivity contribution in [2.75, 3.05) is 11.5 Å². The van der Waals surface area contributed by atoms with Crippen molar-refractivity contribution in [1.29, 1.82) is 0 Å². The van der Waals surface area contributed by atoms with Crippen molar-refractivity contribution in [3.63, 3.8) is 0 Å². The summed E-state index contributed by atoms with van der Waals surface area (Å²) in [6.45, 7) is 2.15. The lowest BCUT2D eigenvalue weighted by Crippen LogP contribution is -2.01. The van der Waals surface area contributed by atoms with Gasteiger partial charge in [-0.05, 0) is 29.9 Å². The van der Waals surface area contributed by atoms with Gasteiger partial charge in [0.25, 0.3) is 0 Å². The van der Waals surface area contributed by atoms with Crippen LogP contribution in [0.2, 0.25) is 0 Å². The maximum absolute atomic E-state index is 10.1. The summed E-state index contributed by atoms with van der Waals surface area (Å²) in [5, 5.41) is 11.2. The highest BCUT2D eigenvalue weighted by Crippen LogP contribution is 2.22. The Kier molecular flexibility index (Phi) is 4.40. The number of fused-ring (bicyclic) bond motifs is 1. The van der Waals surface area contributed by atoms with Crippen molar-refractivity contribution in [3.8, 4) is 0 Å². The molecule has 2 nitrogen and oxygen atoms in total. The van der Waals surface area contributed by atoms with Gasteiger partial charge in [-0.1, -0.05) is 25.1 Å². The van der Waals surface area contributed by atoms with Gasteiger partial charge in [-0.25, -0.2) is 0 Å². The number of nitrogens with zero attached hydrogens (tertiary/aromatic N) is 1. The average molecular weight is 247 g/mol. The van der Waals surface area contributed by atoms with E-state index in [0.717, 1.165) is 34.4 Å². The van der Waals surface area contributed by atoms with E-state index in [2.05, 4.69) is 11.9 Å². The Bertz CT molecular complexity index is 486. The molecule has 2 rings (SSSR count). The molecule has 2 aromatic rings. The molecule has 0 aliphatic heterocycles. The number of aliphatic hydroxyl groups excluding tert-OH is 1. The first kappa shape index (κ1) is 12.4. The van der Waals surface area contributed by atoms with Crippen LogP contribution < -0.4 is 0 Å². The first-order valence-corrected chi connectivity index (χ1v) is 7.07. The molecule has 1 atom stereocenters. The van der Waals surface area contributed by atoms with E-state index in [1.165, 1.54) is 0 Å². The van der Waals surface area contributed by atoms with Crippen LogP contribution in [-0.2, 0) is 0 Å². The van der Waals surface area contributed by atoms with Gasteiger partial charge in [0.2, 0.25) is 0 Å². The molecule has 0 saturated heterocycles. The molecule has 1 heterocycles. The summed E-state index contributed by atoms with van der Waals surface area (Å²) in [6.07, 6.45) is 2.54. The molecule has 0 spiro atoms. The maximum atomic E-state index is 10.1. The summed E-state index contributed by atoms with van der Waals surface area (Å²) < 4.78 is 0. The molecule has 1 N–H and O–H groups in total. The number of benzene rings is 1. The molecule has 0 aliphatic carbocycles. The van der Waals surface area contributed by atoms with Gasteiger partial charge in [0.15, 0.2) is 0 Å². The number of aromatic nitrogens is 1. The fraction of sp³-hybridized carbons (Fsp3) is 0.357. The molecule has 0 aliphatic rings. The smallest absolute Gasteiger partial charge is 0.0881 e. The highest BCUT2D eigenvalue weighted by molar-refractivity contribution is 7.99. The molecule has 17 heavy (non-hydrogen) atoms. The Morgan fingerprint density at radius 2 is 2.24 bits per heavy atom. The van der Waals surface area contributed by atoms with Gasteiger partial charge in [-0.3, -0.25) is 4.98 Å². The van der Waals surface area contributed by atoms with Crippen LogP contribution in [0, 0.1) is 0 Å². The predicted molar refractivity (Wildman–Crippen MR) is 74.3 cm³/mol. The Hall–Kier alpha value is -1.06. The molecule has 0 radical (unpaired) electrons. The average Bonchev–Trinajstić information content (AvgIpc) is 2.38. The molecular weight excluding hydrogens is 230 g/mol. The lowest BCUT2D eigenvalue weighted by atomic mass is 10.1. The summed E-state index contributed by atoms with van der Waals surface area (Å²) in [5.41, 5.74) is 1.91. The third-order valence-corrected chi connectivity index (χ3v) is 3.89. The van der Waals surface area contributed by atoms with E-state index in [9.17, 15) is 5.11 Å². The normalized spacial score (nSPS) is 12.8. The van der Waals surface area contributed by atoms with Crippen LogP contribution in [-0.4, -0.2) is 21.6 Å². The topological polar surface area (TPSA) is 33.1 Å². The Morgan fingerprint density at radius 3 is 3.06 bits per heavy atom. The molecule has 1 unspecified atom stereocenters. The van der Waals surface area contributed by atoms with E-state index >= 15 is 0 Å².